The summed E-state index contributed by atoms with van der Waals surface area (Å²) in [6.45, 7) is 1.77. The molecule has 0 spiro atoms. The molecule has 0 saturated heterocycles. The van der Waals surface area contributed by atoms with Crippen LogP contribution in [-0.4, -0.2) is 33.7 Å². The lowest BCUT2D eigenvalue weighted by Gasteiger charge is -2.53. The third kappa shape index (κ3) is 2.32. The van der Waals surface area contributed by atoms with Gasteiger partial charge in [0, 0.05) is 0 Å². The van der Waals surface area contributed by atoms with Crippen molar-refractivity contribution in [1.29, 1.82) is 0 Å². The fraction of sp³-hybridized carbons (Fsp3) is 0.875. The van der Waals surface area contributed by atoms with E-state index in [0.29, 0.717) is 6.42 Å². The predicted molar refractivity (Wildman–Crippen MR) is 67.0 cm³/mol. The second-order valence-electron chi connectivity index (χ2n) is 4.70. The van der Waals surface area contributed by atoms with E-state index in [2.05, 4.69) is 0 Å². The van der Waals surface area contributed by atoms with Crippen LogP contribution in [0.1, 0.15) is 19.8 Å². The van der Waals surface area contributed by atoms with Crippen LogP contribution in [0.3, 0.4) is 0 Å². The molecule has 108 valence electrons. The fourth-order valence-corrected chi connectivity index (χ4v) is 1.52. The van der Waals surface area contributed by atoms with Gasteiger partial charge in [0.05, 0.1) is 5.66 Å². The predicted octanol–water partition coefficient (Wildman–Crippen LogP) is -4.67. The van der Waals surface area contributed by atoms with Crippen molar-refractivity contribution in [3.05, 3.63) is 0 Å². The number of rotatable bonds is 6. The van der Waals surface area contributed by atoms with Crippen molar-refractivity contribution in [2.24, 2.45) is 45.9 Å². The molecule has 0 aliphatic heterocycles. The van der Waals surface area contributed by atoms with Gasteiger partial charge in [-0.15, -0.1) is 0 Å². The molecule has 0 saturated carbocycles. The Bertz CT molecular complexity index is 325. The molecule has 0 fully saturated rings. The molecule has 0 aromatic rings. The van der Waals surface area contributed by atoms with E-state index >= 15 is 0 Å². The van der Waals surface area contributed by atoms with Gasteiger partial charge in [0.2, 0.25) is 0 Å². The first-order valence-corrected chi connectivity index (χ1v) is 5.30. The molecule has 0 heterocycles. The lowest BCUT2D eigenvalue weighted by atomic mass is 9.75. The smallest absolute Gasteiger partial charge is 0.342 e. The van der Waals surface area contributed by atoms with Crippen LogP contribution in [0.2, 0.25) is 0 Å². The fourth-order valence-electron chi connectivity index (χ4n) is 1.52. The van der Waals surface area contributed by atoms with Crippen LogP contribution in [0.4, 0.5) is 0 Å². The number of carboxylic acids is 1. The Morgan fingerprint density at radius 3 is 1.61 bits per heavy atom. The summed E-state index contributed by atoms with van der Waals surface area (Å²) in [5.74, 6) is -1.68. The van der Waals surface area contributed by atoms with Crippen molar-refractivity contribution in [3.8, 4) is 0 Å². The summed E-state index contributed by atoms with van der Waals surface area (Å²) in [6, 6.07) is 0. The number of carboxylic acid groups (broad SMARTS) is 1. The molecule has 0 bridgehead atoms. The number of carbonyl (C=O) groups is 1. The summed E-state index contributed by atoms with van der Waals surface area (Å²) < 4.78 is 0. The maximum absolute atomic E-state index is 11.0. The van der Waals surface area contributed by atoms with Gasteiger partial charge in [-0.1, -0.05) is 13.3 Å². The van der Waals surface area contributed by atoms with Gasteiger partial charge in [-0.2, -0.15) is 0 Å². The second-order valence-corrected chi connectivity index (χ2v) is 4.70. The molecular formula is C8H24N8O2. The lowest BCUT2D eigenvalue weighted by Crippen LogP contribution is -2.98. The molecule has 10 heteroatoms. The van der Waals surface area contributed by atoms with Crippen LogP contribution in [0, 0.1) is 0 Å². The summed E-state index contributed by atoms with van der Waals surface area (Å²) in [5, 5.41) is 8.93. The first-order valence-electron chi connectivity index (χ1n) is 5.30. The number of nitrogens with two attached hydrogens (primary N) is 8. The van der Waals surface area contributed by atoms with E-state index in [4.69, 9.17) is 51.0 Å². The zero-order chi connectivity index (χ0) is 15.0. The first kappa shape index (κ1) is 17.2. The van der Waals surface area contributed by atoms with Crippen LogP contribution in [-0.2, 0) is 4.79 Å². The minimum Gasteiger partial charge on any atom is -0.479 e. The van der Waals surface area contributed by atoms with E-state index in [-0.39, 0.29) is 6.42 Å². The van der Waals surface area contributed by atoms with Crippen molar-refractivity contribution in [2.75, 3.05) is 0 Å². The molecule has 0 amide bonds. The molecule has 0 aliphatic carbocycles. The van der Waals surface area contributed by atoms with E-state index < -0.39 is 28.6 Å². The van der Waals surface area contributed by atoms with Crippen LogP contribution in [0.25, 0.3) is 0 Å². The molecule has 0 aromatic heterocycles. The van der Waals surface area contributed by atoms with Crippen molar-refractivity contribution >= 4 is 5.97 Å². The monoisotopic (exact) mass is 264 g/mol. The van der Waals surface area contributed by atoms with Gasteiger partial charge in [0.15, 0.2) is 5.66 Å². The topological polar surface area (TPSA) is 245 Å². The number of aliphatic carboxylic acids is 1. The van der Waals surface area contributed by atoms with Gasteiger partial charge in [-0.3, -0.25) is 0 Å². The summed E-state index contributed by atoms with van der Waals surface area (Å²) in [7, 11) is 0. The van der Waals surface area contributed by atoms with Gasteiger partial charge in [-0.05, 0) is 6.42 Å². The Kier molecular flexibility index (Phi) is 4.46. The minimum absolute atomic E-state index is 0.145. The zero-order valence-electron chi connectivity index (χ0n) is 10.4. The maximum atomic E-state index is 11.0. The van der Waals surface area contributed by atoms with E-state index in [1.54, 1.807) is 6.92 Å². The summed E-state index contributed by atoms with van der Waals surface area (Å²) in [6.07, 6.45) is 0.667. The third-order valence-corrected chi connectivity index (χ3v) is 3.16. The Morgan fingerprint density at radius 1 is 0.944 bits per heavy atom. The van der Waals surface area contributed by atoms with Gasteiger partial charge in [-0.25, -0.2) is 4.79 Å². The Morgan fingerprint density at radius 2 is 1.33 bits per heavy atom. The highest BCUT2D eigenvalue weighted by Gasteiger charge is 2.62. The van der Waals surface area contributed by atoms with Crippen molar-refractivity contribution in [2.45, 2.75) is 42.4 Å². The van der Waals surface area contributed by atoms with Crippen molar-refractivity contribution < 1.29 is 9.90 Å². The molecule has 10 nitrogen and oxygen atoms in total. The maximum Gasteiger partial charge on any atom is 0.342 e. The third-order valence-electron chi connectivity index (χ3n) is 3.16. The van der Waals surface area contributed by atoms with Crippen LogP contribution in [0.15, 0.2) is 0 Å². The number of hydrogen-bond donors (Lipinski definition) is 9. The Labute approximate surface area is 105 Å². The van der Waals surface area contributed by atoms with E-state index in [1.165, 1.54) is 0 Å². The lowest BCUT2D eigenvalue weighted by molar-refractivity contribution is -0.148. The highest BCUT2D eigenvalue weighted by Crippen LogP contribution is 2.24. The minimum atomic E-state index is -2.60. The highest BCUT2D eigenvalue weighted by molar-refractivity contribution is 5.80. The SMILES string of the molecule is CCCC(N)(N)C(N)(N)C(N)(N)C(N)(N)C(=O)O. The Balaban J connectivity index is 5.65. The highest BCUT2D eigenvalue weighted by atomic mass is 16.4. The molecule has 0 aliphatic rings. The van der Waals surface area contributed by atoms with Gasteiger partial charge in [0.25, 0.3) is 0 Å². The molecular weight excluding hydrogens is 240 g/mol. The van der Waals surface area contributed by atoms with Crippen molar-refractivity contribution in [1.82, 2.24) is 0 Å². The summed E-state index contributed by atoms with van der Waals surface area (Å²) >= 11 is 0. The number of hydrogen-bond acceptors (Lipinski definition) is 9. The van der Waals surface area contributed by atoms with Gasteiger partial charge >= 0.3 is 5.97 Å². The molecule has 17 N–H and O–H groups in total. The average Bonchev–Trinajstić information content (AvgIpc) is 2.16. The molecule has 0 atom stereocenters. The standard InChI is InChI=1S/C8H24N8O2/c1-2-3-5(9,10)7(13,14)8(15,16)6(11,12)4(17)18/h2-3,9-16H2,1H3,(H,17,18). The second kappa shape index (κ2) is 4.68. The molecule has 0 aromatic carbocycles. The van der Waals surface area contributed by atoms with E-state index in [9.17, 15) is 4.79 Å². The van der Waals surface area contributed by atoms with Crippen molar-refractivity contribution in [3.63, 3.8) is 0 Å². The molecule has 18 heavy (non-hydrogen) atoms. The van der Waals surface area contributed by atoms with Crippen LogP contribution in [0.5, 0.6) is 0 Å². The quantitative estimate of drug-likeness (QED) is 0.207. The van der Waals surface area contributed by atoms with E-state index in [1.807, 2.05) is 0 Å². The molecule has 0 rings (SSSR count). The molecule has 0 unspecified atom stereocenters. The molecule has 0 radical (unpaired) electrons. The summed E-state index contributed by atoms with van der Waals surface area (Å²) in [4.78, 5) is 11.0. The van der Waals surface area contributed by atoms with Crippen LogP contribution < -0.4 is 45.9 Å². The summed E-state index contributed by atoms with van der Waals surface area (Å²) in [5.41, 5.74) is 36.0. The average molecular weight is 264 g/mol. The Hall–Kier alpha value is -0.850. The first-order chi connectivity index (χ1) is 7.75. The van der Waals surface area contributed by atoms with Gasteiger partial charge < -0.3 is 51.0 Å². The zero-order valence-corrected chi connectivity index (χ0v) is 10.4. The normalized spacial score (nSPS) is 14.7. The van der Waals surface area contributed by atoms with Gasteiger partial charge in [0.1, 0.15) is 11.3 Å². The largest absolute Gasteiger partial charge is 0.479 e. The van der Waals surface area contributed by atoms with Crippen LogP contribution >= 0.6 is 0 Å². The van der Waals surface area contributed by atoms with E-state index in [0.717, 1.165) is 0 Å².